The number of benzene rings is 3. The van der Waals surface area contributed by atoms with Gasteiger partial charge in [-0.15, -0.1) is 0 Å². The van der Waals surface area contributed by atoms with Gasteiger partial charge in [0.05, 0.1) is 0 Å². The lowest BCUT2D eigenvalue weighted by molar-refractivity contribution is -0.147. The largest absolute Gasteiger partial charge is 0.479 e. The van der Waals surface area contributed by atoms with E-state index in [0.29, 0.717) is 39.0 Å². The first-order valence-electron chi connectivity index (χ1n) is 14.8. The minimum Gasteiger partial charge on any atom is -0.479 e. The van der Waals surface area contributed by atoms with Crippen LogP contribution < -0.4 is 10.6 Å². The van der Waals surface area contributed by atoms with Crippen molar-refractivity contribution in [3.05, 3.63) is 95.6 Å². The number of amides is 2. The maximum atomic E-state index is 12.9. The molecule has 3 aromatic carbocycles. The van der Waals surface area contributed by atoms with E-state index in [1.54, 1.807) is 0 Å². The van der Waals surface area contributed by atoms with Crippen LogP contribution in [-0.4, -0.2) is 59.8 Å². The first-order valence-corrected chi connectivity index (χ1v) is 14.8. The van der Waals surface area contributed by atoms with Gasteiger partial charge in [0.1, 0.15) is 6.61 Å². The molecule has 2 amide bonds. The summed E-state index contributed by atoms with van der Waals surface area (Å²) >= 11 is 0. The van der Waals surface area contributed by atoms with Gasteiger partial charge in [0, 0.05) is 38.5 Å². The second kappa shape index (κ2) is 12.0. The molecule has 218 valence electrons. The van der Waals surface area contributed by atoms with Gasteiger partial charge in [-0.2, -0.15) is 0 Å². The van der Waals surface area contributed by atoms with Crippen molar-refractivity contribution < 1.29 is 24.2 Å². The third-order valence-corrected chi connectivity index (χ3v) is 9.07. The molecule has 1 atom stereocenters. The number of carboxylic acid groups (broad SMARTS) is 1. The van der Waals surface area contributed by atoms with Crippen LogP contribution in [0.4, 0.5) is 4.79 Å². The number of rotatable bonds is 10. The zero-order valence-electron chi connectivity index (χ0n) is 23.6. The molecule has 2 fully saturated rings. The summed E-state index contributed by atoms with van der Waals surface area (Å²) < 4.78 is 5.63. The van der Waals surface area contributed by atoms with E-state index >= 15 is 0 Å². The van der Waals surface area contributed by atoms with Gasteiger partial charge in [-0.25, -0.2) is 9.59 Å². The Balaban J connectivity index is 0.918. The fourth-order valence-electron chi connectivity index (χ4n) is 6.86. The Bertz CT molecular complexity index is 1410. The summed E-state index contributed by atoms with van der Waals surface area (Å²) in [5, 5.41) is 15.7. The lowest BCUT2D eigenvalue weighted by Crippen LogP contribution is -2.56. The van der Waals surface area contributed by atoms with E-state index in [0.717, 1.165) is 18.4 Å². The molecule has 1 unspecified atom stereocenters. The molecular formula is C34H37N3O5. The summed E-state index contributed by atoms with van der Waals surface area (Å²) in [6.45, 7) is 2.35. The SMILES string of the molecule is O=C(CC1CC(CNC(=O)OCC2c3ccccc3-c3ccccc32)C1)NC1(C(=O)O)CCN(Cc2ccccc2)C1. The van der Waals surface area contributed by atoms with Crippen LogP contribution in [-0.2, 0) is 20.9 Å². The highest BCUT2D eigenvalue weighted by Gasteiger charge is 2.46. The summed E-state index contributed by atoms with van der Waals surface area (Å²) in [5.41, 5.74) is 4.62. The molecule has 42 heavy (non-hydrogen) atoms. The number of nitrogens with zero attached hydrogens (tertiary/aromatic N) is 1. The van der Waals surface area contributed by atoms with E-state index in [1.165, 1.54) is 22.3 Å². The van der Waals surface area contributed by atoms with Gasteiger partial charge in [0.2, 0.25) is 5.91 Å². The monoisotopic (exact) mass is 567 g/mol. The van der Waals surface area contributed by atoms with Crippen molar-refractivity contribution >= 4 is 18.0 Å². The molecule has 0 spiro atoms. The topological polar surface area (TPSA) is 108 Å². The fraction of sp³-hybridized carbons (Fsp3) is 0.382. The molecule has 6 rings (SSSR count). The summed E-state index contributed by atoms with van der Waals surface area (Å²) in [6.07, 6.45) is 1.89. The predicted octanol–water partition coefficient (Wildman–Crippen LogP) is 4.79. The van der Waals surface area contributed by atoms with Crippen molar-refractivity contribution in [3.63, 3.8) is 0 Å². The van der Waals surface area contributed by atoms with Gasteiger partial charge < -0.3 is 20.5 Å². The van der Waals surface area contributed by atoms with Gasteiger partial charge in [0.25, 0.3) is 0 Å². The summed E-state index contributed by atoms with van der Waals surface area (Å²) in [5.74, 6) is -0.706. The first kappa shape index (κ1) is 28.0. The van der Waals surface area contributed by atoms with Gasteiger partial charge in [-0.05, 0) is 58.9 Å². The number of aliphatic carboxylic acids is 1. The average Bonchev–Trinajstić information content (AvgIpc) is 3.53. The van der Waals surface area contributed by atoms with Crippen molar-refractivity contribution in [2.45, 2.75) is 43.7 Å². The number of carbonyl (C=O) groups excluding carboxylic acids is 2. The standard InChI is InChI=1S/C34H37N3O5/c38-31(36-34(32(39)40)14-15-37(22-34)20-23-8-2-1-3-9-23)18-24-16-25(17-24)19-35-33(41)42-21-30-28-12-6-4-10-26(28)27-11-5-7-13-29(27)30/h1-13,24-25,30H,14-22H2,(H,35,41)(H,36,38)(H,39,40). The van der Waals surface area contributed by atoms with Crippen LogP contribution in [0.2, 0.25) is 0 Å². The van der Waals surface area contributed by atoms with Crippen LogP contribution in [0, 0.1) is 11.8 Å². The third-order valence-electron chi connectivity index (χ3n) is 9.07. The number of nitrogens with one attached hydrogen (secondary N) is 2. The molecule has 1 saturated heterocycles. The second-order valence-electron chi connectivity index (χ2n) is 12.0. The number of ether oxygens (including phenoxy) is 1. The number of carboxylic acids is 1. The smallest absolute Gasteiger partial charge is 0.407 e. The van der Waals surface area contributed by atoms with E-state index in [-0.39, 0.29) is 30.3 Å². The molecule has 0 bridgehead atoms. The predicted molar refractivity (Wildman–Crippen MR) is 159 cm³/mol. The van der Waals surface area contributed by atoms with Crippen molar-refractivity contribution in [2.75, 3.05) is 26.2 Å². The minimum atomic E-state index is -1.25. The van der Waals surface area contributed by atoms with Gasteiger partial charge >= 0.3 is 12.1 Å². The number of hydrogen-bond donors (Lipinski definition) is 3. The zero-order valence-corrected chi connectivity index (χ0v) is 23.6. The third kappa shape index (κ3) is 5.90. The molecule has 0 aromatic heterocycles. The van der Waals surface area contributed by atoms with Crippen LogP contribution in [0.5, 0.6) is 0 Å². The van der Waals surface area contributed by atoms with Crippen molar-refractivity contribution in [1.82, 2.24) is 15.5 Å². The van der Waals surface area contributed by atoms with Crippen molar-refractivity contribution in [2.24, 2.45) is 11.8 Å². The highest BCUT2D eigenvalue weighted by atomic mass is 16.5. The minimum absolute atomic E-state index is 0.0223. The van der Waals surface area contributed by atoms with E-state index < -0.39 is 17.6 Å². The molecule has 3 aromatic rings. The average molecular weight is 568 g/mol. The highest BCUT2D eigenvalue weighted by molar-refractivity contribution is 5.87. The molecule has 2 aliphatic carbocycles. The van der Waals surface area contributed by atoms with Crippen LogP contribution in [0.15, 0.2) is 78.9 Å². The van der Waals surface area contributed by atoms with E-state index in [4.69, 9.17) is 4.74 Å². The summed E-state index contributed by atoms with van der Waals surface area (Å²) in [4.78, 5) is 39.6. The molecule has 1 saturated carbocycles. The van der Waals surface area contributed by atoms with Crippen LogP contribution in [0.1, 0.15) is 48.3 Å². The van der Waals surface area contributed by atoms with E-state index in [9.17, 15) is 19.5 Å². The molecule has 3 aliphatic rings. The van der Waals surface area contributed by atoms with E-state index in [1.807, 2.05) is 54.6 Å². The maximum absolute atomic E-state index is 12.9. The maximum Gasteiger partial charge on any atom is 0.407 e. The molecule has 8 nitrogen and oxygen atoms in total. The van der Waals surface area contributed by atoms with Crippen molar-refractivity contribution in [1.29, 1.82) is 0 Å². The Morgan fingerprint density at radius 2 is 1.52 bits per heavy atom. The molecule has 3 N–H and O–H groups in total. The quantitative estimate of drug-likeness (QED) is 0.325. The van der Waals surface area contributed by atoms with Gasteiger partial charge in [-0.3, -0.25) is 9.69 Å². The Morgan fingerprint density at radius 3 is 2.19 bits per heavy atom. The molecule has 0 radical (unpaired) electrons. The number of likely N-dealkylation sites (tertiary alicyclic amines) is 1. The Labute approximate surface area is 246 Å². The highest BCUT2D eigenvalue weighted by Crippen LogP contribution is 2.44. The van der Waals surface area contributed by atoms with Crippen LogP contribution >= 0.6 is 0 Å². The van der Waals surface area contributed by atoms with Crippen LogP contribution in [0.3, 0.4) is 0 Å². The molecule has 1 aliphatic heterocycles. The Kier molecular flexibility index (Phi) is 7.98. The normalized spacial score (nSPS) is 23.0. The molecule has 1 heterocycles. The Hall–Kier alpha value is -4.17. The first-order chi connectivity index (χ1) is 20.4. The summed E-state index contributed by atoms with van der Waals surface area (Å²) in [7, 11) is 0. The fourth-order valence-corrected chi connectivity index (χ4v) is 6.86. The number of alkyl carbamates (subject to hydrolysis) is 1. The lowest BCUT2D eigenvalue weighted by Gasteiger charge is -2.36. The summed E-state index contributed by atoms with van der Waals surface area (Å²) in [6, 6.07) is 26.4. The number of carbonyl (C=O) groups is 3. The second-order valence-corrected chi connectivity index (χ2v) is 12.0. The van der Waals surface area contributed by atoms with Gasteiger partial charge in [0.15, 0.2) is 5.54 Å². The molecule has 8 heteroatoms. The molecular weight excluding hydrogens is 530 g/mol. The number of hydrogen-bond acceptors (Lipinski definition) is 5. The lowest BCUT2D eigenvalue weighted by atomic mass is 9.73. The number of fused-ring (bicyclic) bond motifs is 3. The zero-order chi connectivity index (χ0) is 29.1. The van der Waals surface area contributed by atoms with Gasteiger partial charge in [-0.1, -0.05) is 78.9 Å². The van der Waals surface area contributed by atoms with Crippen molar-refractivity contribution in [3.8, 4) is 11.1 Å². The Morgan fingerprint density at radius 1 is 0.881 bits per heavy atom. The van der Waals surface area contributed by atoms with E-state index in [2.05, 4.69) is 39.8 Å². The van der Waals surface area contributed by atoms with Crippen LogP contribution in [0.25, 0.3) is 11.1 Å².